The molecule has 2 aromatic rings. The lowest BCUT2D eigenvalue weighted by atomic mass is 10.0. The third kappa shape index (κ3) is 6.13. The lowest BCUT2D eigenvalue weighted by Gasteiger charge is -2.36. The standard InChI is InChI=1S/C28H38N8O3/c1-5-24(37)34-13-15-36(16-14-34)27-20-8-11-35(26-19(2)6-7-22(30)21(26)18-29)12-9-23(20)31-28(32-27)39-17-10-25(38)33(3)4/h5-7,18,29H,1,8-17,30H2,2-4H3/p+1. The van der Waals surface area contributed by atoms with Crippen LogP contribution in [0.2, 0.25) is 0 Å². The molecule has 2 amide bonds. The third-order valence-corrected chi connectivity index (χ3v) is 7.35. The molecule has 39 heavy (non-hydrogen) atoms. The van der Waals surface area contributed by atoms with Gasteiger partial charge in [-0.05, 0) is 31.1 Å². The average Bonchev–Trinajstić information content (AvgIpc) is 3.15. The van der Waals surface area contributed by atoms with Crippen LogP contribution in [0, 0.1) is 6.92 Å². The van der Waals surface area contributed by atoms with Crippen molar-refractivity contribution >= 4 is 35.2 Å². The molecule has 4 N–H and O–H groups in total. The number of carbonyl (C=O) groups is 2. The Morgan fingerprint density at radius 3 is 2.49 bits per heavy atom. The Bertz CT molecular complexity index is 1250. The van der Waals surface area contributed by atoms with E-state index in [9.17, 15) is 9.59 Å². The molecule has 2 aliphatic heterocycles. The summed E-state index contributed by atoms with van der Waals surface area (Å²) >= 11 is 0. The number of nitrogen functional groups attached to an aromatic ring is 1. The number of carbonyl (C=O) groups excluding carboxylic acids is 2. The summed E-state index contributed by atoms with van der Waals surface area (Å²) in [6.07, 6.45) is 4.59. The van der Waals surface area contributed by atoms with Gasteiger partial charge in [-0.15, -0.1) is 0 Å². The van der Waals surface area contributed by atoms with Crippen LogP contribution in [0.25, 0.3) is 0 Å². The first kappa shape index (κ1) is 27.9. The number of fused-ring (bicyclic) bond motifs is 1. The fourth-order valence-electron chi connectivity index (χ4n) is 5.16. The summed E-state index contributed by atoms with van der Waals surface area (Å²) in [4.78, 5) is 41.6. The van der Waals surface area contributed by atoms with Crippen LogP contribution in [0.5, 0.6) is 6.01 Å². The number of ether oxygens (including phenoxy) is 1. The normalized spacial score (nSPS) is 15.3. The second kappa shape index (κ2) is 12.1. The number of hydrogen-bond donors (Lipinski definition) is 2. The van der Waals surface area contributed by atoms with E-state index in [1.54, 1.807) is 25.2 Å². The van der Waals surface area contributed by atoms with E-state index in [1.165, 1.54) is 11.0 Å². The molecule has 4 rings (SSSR count). The van der Waals surface area contributed by atoms with Gasteiger partial charge in [0.1, 0.15) is 12.4 Å². The minimum atomic E-state index is -0.0635. The van der Waals surface area contributed by atoms with Gasteiger partial charge in [-0.2, -0.15) is 9.97 Å². The highest BCUT2D eigenvalue weighted by Gasteiger charge is 2.28. The van der Waals surface area contributed by atoms with Gasteiger partial charge in [0, 0.05) is 71.0 Å². The number of nitrogens with zero attached hydrogens (tertiary/aromatic N) is 6. The summed E-state index contributed by atoms with van der Waals surface area (Å²) in [5.74, 6) is 0.747. The van der Waals surface area contributed by atoms with E-state index in [1.807, 2.05) is 12.1 Å². The monoisotopic (exact) mass is 535 g/mol. The first-order valence-corrected chi connectivity index (χ1v) is 13.3. The number of anilines is 3. The van der Waals surface area contributed by atoms with Crippen molar-refractivity contribution in [3.8, 4) is 6.01 Å². The minimum Gasteiger partial charge on any atom is -0.463 e. The first-order valence-electron chi connectivity index (χ1n) is 13.3. The van der Waals surface area contributed by atoms with Crippen LogP contribution in [-0.4, -0.2) is 97.8 Å². The molecule has 208 valence electrons. The maximum Gasteiger partial charge on any atom is 0.318 e. The number of piperazine rings is 1. The fraction of sp³-hybridized carbons (Fsp3) is 0.464. The minimum absolute atomic E-state index is 0.0198. The van der Waals surface area contributed by atoms with E-state index >= 15 is 0 Å². The molecular formula is C28H39N8O3+. The molecule has 0 unspecified atom stereocenters. The van der Waals surface area contributed by atoms with Crippen molar-refractivity contribution in [2.24, 2.45) is 0 Å². The second-order valence-electron chi connectivity index (χ2n) is 10.0. The highest BCUT2D eigenvalue weighted by atomic mass is 16.5. The molecule has 0 radical (unpaired) electrons. The molecular weight excluding hydrogens is 496 g/mol. The van der Waals surface area contributed by atoms with Gasteiger partial charge in [0.05, 0.1) is 23.4 Å². The summed E-state index contributed by atoms with van der Waals surface area (Å²) < 4.78 is 5.90. The summed E-state index contributed by atoms with van der Waals surface area (Å²) in [5, 5.41) is 5.98. The van der Waals surface area contributed by atoms with E-state index < -0.39 is 0 Å². The molecule has 0 bridgehead atoms. The topological polar surface area (TPSA) is 134 Å². The Morgan fingerprint density at radius 2 is 1.82 bits per heavy atom. The Labute approximate surface area is 229 Å². The fourth-order valence-corrected chi connectivity index (χ4v) is 5.16. The van der Waals surface area contributed by atoms with Crippen molar-refractivity contribution in [3.05, 3.63) is 47.2 Å². The molecule has 11 nitrogen and oxygen atoms in total. The first-order chi connectivity index (χ1) is 18.7. The number of rotatable bonds is 8. The molecule has 3 heterocycles. The summed E-state index contributed by atoms with van der Waals surface area (Å²) in [6, 6.07) is 4.17. The van der Waals surface area contributed by atoms with Gasteiger partial charge in [-0.3, -0.25) is 15.0 Å². The van der Waals surface area contributed by atoms with E-state index in [2.05, 4.69) is 23.3 Å². The van der Waals surface area contributed by atoms with Gasteiger partial charge in [0.2, 0.25) is 11.8 Å². The quantitative estimate of drug-likeness (QED) is 0.271. The van der Waals surface area contributed by atoms with Crippen molar-refractivity contribution in [3.63, 3.8) is 0 Å². The number of aromatic nitrogens is 2. The van der Waals surface area contributed by atoms with E-state index in [4.69, 9.17) is 25.8 Å². The van der Waals surface area contributed by atoms with Crippen molar-refractivity contribution in [2.45, 2.75) is 26.2 Å². The van der Waals surface area contributed by atoms with Crippen molar-refractivity contribution in [1.29, 1.82) is 0 Å². The number of benzene rings is 1. The zero-order valence-corrected chi connectivity index (χ0v) is 23.2. The van der Waals surface area contributed by atoms with Crippen LogP contribution in [0.4, 0.5) is 17.2 Å². The molecule has 0 spiro atoms. The lowest BCUT2D eigenvalue weighted by molar-refractivity contribution is -0.129. The number of aryl methyl sites for hydroxylation is 1. The molecule has 1 fully saturated rings. The maximum absolute atomic E-state index is 12.1. The zero-order valence-electron chi connectivity index (χ0n) is 23.2. The highest BCUT2D eigenvalue weighted by molar-refractivity contribution is 5.93. The Morgan fingerprint density at radius 1 is 1.10 bits per heavy atom. The van der Waals surface area contributed by atoms with Crippen LogP contribution in [-0.2, 0) is 22.4 Å². The lowest BCUT2D eigenvalue weighted by Crippen LogP contribution is -2.49. The number of amides is 2. The van der Waals surface area contributed by atoms with Gasteiger partial charge >= 0.3 is 6.01 Å². The van der Waals surface area contributed by atoms with Crippen LogP contribution in [0.15, 0.2) is 24.8 Å². The van der Waals surface area contributed by atoms with Crippen LogP contribution < -0.4 is 25.7 Å². The van der Waals surface area contributed by atoms with Gasteiger partial charge in [0.25, 0.3) is 0 Å². The average molecular weight is 536 g/mol. The predicted molar refractivity (Wildman–Crippen MR) is 152 cm³/mol. The summed E-state index contributed by atoms with van der Waals surface area (Å²) in [6.45, 7) is 9.81. The number of nitrogens with two attached hydrogens (primary N) is 2. The zero-order chi connectivity index (χ0) is 28.1. The summed E-state index contributed by atoms with van der Waals surface area (Å²) in [7, 11) is 3.44. The molecule has 11 heteroatoms. The van der Waals surface area contributed by atoms with Gasteiger partial charge < -0.3 is 30.1 Å². The van der Waals surface area contributed by atoms with Crippen molar-refractivity contribution in [2.75, 3.05) is 75.5 Å². The van der Waals surface area contributed by atoms with E-state index in [0.717, 1.165) is 53.4 Å². The summed E-state index contributed by atoms with van der Waals surface area (Å²) in [5.41, 5.74) is 11.9. The highest BCUT2D eigenvalue weighted by Crippen LogP contribution is 2.33. The smallest absolute Gasteiger partial charge is 0.318 e. The molecule has 1 saturated heterocycles. The predicted octanol–water partition coefficient (Wildman–Crippen LogP) is -0.158. The maximum atomic E-state index is 12.1. The molecule has 1 aromatic carbocycles. The van der Waals surface area contributed by atoms with Crippen LogP contribution in [0.3, 0.4) is 0 Å². The van der Waals surface area contributed by atoms with Crippen molar-refractivity contribution < 1.29 is 19.7 Å². The van der Waals surface area contributed by atoms with E-state index in [0.29, 0.717) is 38.3 Å². The molecule has 1 aromatic heterocycles. The number of hydrogen-bond acceptors (Lipinski definition) is 8. The van der Waals surface area contributed by atoms with Crippen molar-refractivity contribution in [1.82, 2.24) is 19.8 Å². The van der Waals surface area contributed by atoms with Crippen LogP contribution >= 0.6 is 0 Å². The SMILES string of the molecule is C=CC(=O)N1CCN(c2nc(OCCC(=O)N(C)C)nc3c2CCN(c2c(C)ccc(N)c2C=[NH2+])CC3)CC1. The third-order valence-electron chi connectivity index (χ3n) is 7.35. The Hall–Kier alpha value is -4.15. The van der Waals surface area contributed by atoms with Gasteiger partial charge in [-0.1, -0.05) is 12.6 Å². The Kier molecular flexibility index (Phi) is 8.68. The van der Waals surface area contributed by atoms with Crippen LogP contribution in [0.1, 0.15) is 28.8 Å². The molecule has 0 saturated carbocycles. The largest absolute Gasteiger partial charge is 0.463 e. The second-order valence-corrected chi connectivity index (χ2v) is 10.0. The Balaban J connectivity index is 1.62. The van der Waals surface area contributed by atoms with Gasteiger partial charge in [0.15, 0.2) is 6.21 Å². The van der Waals surface area contributed by atoms with E-state index in [-0.39, 0.29) is 30.9 Å². The molecule has 2 aliphatic rings. The molecule has 0 aliphatic carbocycles. The molecule has 0 atom stereocenters. The van der Waals surface area contributed by atoms with Gasteiger partial charge in [-0.25, -0.2) is 0 Å².